The number of thioether (sulfide) groups is 1. The van der Waals surface area contributed by atoms with Gasteiger partial charge in [0.15, 0.2) is 0 Å². The van der Waals surface area contributed by atoms with Crippen LogP contribution in [0, 0.1) is 6.92 Å². The van der Waals surface area contributed by atoms with Crippen molar-refractivity contribution in [3.8, 4) is 0 Å². The minimum Gasteiger partial charge on any atom is -0.384 e. The summed E-state index contributed by atoms with van der Waals surface area (Å²) in [5.74, 6) is 1.17. The number of nitrogen functional groups attached to an aromatic ring is 1. The first-order chi connectivity index (χ1) is 9.61. The van der Waals surface area contributed by atoms with Gasteiger partial charge in [-0.05, 0) is 19.1 Å². The van der Waals surface area contributed by atoms with Crippen LogP contribution >= 0.6 is 23.1 Å². The zero-order valence-electron chi connectivity index (χ0n) is 10.6. The summed E-state index contributed by atoms with van der Waals surface area (Å²) < 4.78 is 1.34. The van der Waals surface area contributed by atoms with Crippen LogP contribution in [0.3, 0.4) is 0 Å². The molecule has 0 amide bonds. The topological polar surface area (TPSA) is 86.2 Å². The highest BCUT2D eigenvalue weighted by atomic mass is 32.2. The quantitative estimate of drug-likeness (QED) is 0.742. The van der Waals surface area contributed by atoms with Gasteiger partial charge in [0.1, 0.15) is 10.8 Å². The van der Waals surface area contributed by atoms with Gasteiger partial charge in [0.25, 0.3) is 5.56 Å². The Labute approximate surface area is 122 Å². The molecule has 3 aromatic heterocycles. The molecule has 3 rings (SSSR count). The largest absolute Gasteiger partial charge is 0.384 e. The van der Waals surface area contributed by atoms with Gasteiger partial charge in [-0.3, -0.25) is 4.79 Å². The Morgan fingerprint density at radius 2 is 2.30 bits per heavy atom. The van der Waals surface area contributed by atoms with Crippen molar-refractivity contribution >= 4 is 33.9 Å². The van der Waals surface area contributed by atoms with Gasteiger partial charge in [-0.15, -0.1) is 11.8 Å². The fourth-order valence-electron chi connectivity index (χ4n) is 1.64. The molecule has 0 aliphatic heterocycles. The van der Waals surface area contributed by atoms with Crippen molar-refractivity contribution in [3.63, 3.8) is 0 Å². The fourth-order valence-corrected chi connectivity index (χ4v) is 3.43. The Balaban J connectivity index is 1.83. The highest BCUT2D eigenvalue weighted by molar-refractivity contribution is 7.98. The van der Waals surface area contributed by atoms with Crippen molar-refractivity contribution in [2.75, 3.05) is 5.73 Å². The predicted molar refractivity (Wildman–Crippen MR) is 80.1 cm³/mol. The van der Waals surface area contributed by atoms with Gasteiger partial charge in [0.2, 0.25) is 4.96 Å². The van der Waals surface area contributed by atoms with Gasteiger partial charge >= 0.3 is 0 Å². The number of nitrogens with two attached hydrogens (primary N) is 1. The number of rotatable bonds is 3. The Kier molecular flexibility index (Phi) is 3.41. The number of fused-ring (bicyclic) bond motifs is 1. The lowest BCUT2D eigenvalue weighted by Gasteiger charge is -1.98. The maximum absolute atomic E-state index is 11.8. The van der Waals surface area contributed by atoms with E-state index in [0.717, 1.165) is 9.90 Å². The van der Waals surface area contributed by atoms with Crippen LogP contribution in [-0.4, -0.2) is 19.6 Å². The summed E-state index contributed by atoms with van der Waals surface area (Å²) in [4.78, 5) is 21.7. The van der Waals surface area contributed by atoms with Crippen LogP contribution in [0.15, 0.2) is 34.1 Å². The maximum atomic E-state index is 11.8. The van der Waals surface area contributed by atoms with Crippen molar-refractivity contribution in [1.29, 1.82) is 0 Å². The van der Waals surface area contributed by atoms with E-state index in [0.29, 0.717) is 22.2 Å². The molecular formula is C12H11N5OS2. The molecule has 0 aromatic carbocycles. The van der Waals surface area contributed by atoms with Gasteiger partial charge < -0.3 is 5.73 Å². The van der Waals surface area contributed by atoms with Crippen molar-refractivity contribution in [1.82, 2.24) is 19.6 Å². The molecule has 3 heterocycles. The number of anilines is 1. The SMILES string of the molecule is Cc1cc(=O)n2nc(CSc3ccc(N)nc3)sc2n1. The molecule has 0 spiro atoms. The molecule has 0 fully saturated rings. The molecular weight excluding hydrogens is 294 g/mol. The molecule has 8 heteroatoms. The van der Waals surface area contributed by atoms with Crippen molar-refractivity contribution in [3.05, 3.63) is 45.5 Å². The Hall–Kier alpha value is -1.93. The van der Waals surface area contributed by atoms with E-state index < -0.39 is 0 Å². The van der Waals surface area contributed by atoms with Crippen molar-refractivity contribution < 1.29 is 0 Å². The van der Waals surface area contributed by atoms with Crippen LogP contribution in [-0.2, 0) is 5.75 Å². The third-order valence-corrected chi connectivity index (χ3v) is 4.62. The number of aryl methyl sites for hydroxylation is 1. The van der Waals surface area contributed by atoms with Gasteiger partial charge in [0, 0.05) is 22.9 Å². The normalized spacial score (nSPS) is 11.1. The van der Waals surface area contributed by atoms with Crippen LogP contribution in [0.1, 0.15) is 10.7 Å². The van der Waals surface area contributed by atoms with Crippen LogP contribution in [0.5, 0.6) is 0 Å². The van der Waals surface area contributed by atoms with E-state index in [1.807, 2.05) is 6.07 Å². The molecule has 0 saturated carbocycles. The summed E-state index contributed by atoms with van der Waals surface area (Å²) in [7, 11) is 0. The summed E-state index contributed by atoms with van der Waals surface area (Å²) in [5.41, 5.74) is 6.10. The van der Waals surface area contributed by atoms with Crippen molar-refractivity contribution in [2.45, 2.75) is 17.6 Å². The smallest absolute Gasteiger partial charge is 0.275 e. The molecule has 0 radical (unpaired) electrons. The zero-order chi connectivity index (χ0) is 14.1. The molecule has 102 valence electrons. The van der Waals surface area contributed by atoms with E-state index in [2.05, 4.69) is 15.1 Å². The van der Waals surface area contributed by atoms with E-state index in [4.69, 9.17) is 5.73 Å². The lowest BCUT2D eigenvalue weighted by Crippen LogP contribution is -2.14. The van der Waals surface area contributed by atoms with E-state index in [-0.39, 0.29) is 5.56 Å². The van der Waals surface area contributed by atoms with Crippen LogP contribution < -0.4 is 11.3 Å². The zero-order valence-corrected chi connectivity index (χ0v) is 12.2. The van der Waals surface area contributed by atoms with Crippen LogP contribution in [0.25, 0.3) is 4.96 Å². The van der Waals surface area contributed by atoms with Crippen LogP contribution in [0.4, 0.5) is 5.82 Å². The van der Waals surface area contributed by atoms with Crippen molar-refractivity contribution in [2.24, 2.45) is 0 Å². The maximum Gasteiger partial charge on any atom is 0.275 e. The molecule has 0 aliphatic rings. The number of nitrogens with zero attached hydrogens (tertiary/aromatic N) is 4. The highest BCUT2D eigenvalue weighted by Crippen LogP contribution is 2.24. The Bertz CT molecular complexity index is 809. The predicted octanol–water partition coefficient (Wildman–Crippen LogP) is 1.73. The van der Waals surface area contributed by atoms with Crippen LogP contribution in [0.2, 0.25) is 0 Å². The first kappa shape index (κ1) is 13.1. The van der Waals surface area contributed by atoms with E-state index in [1.54, 1.807) is 30.9 Å². The summed E-state index contributed by atoms with van der Waals surface area (Å²) >= 11 is 3.02. The number of hydrogen-bond donors (Lipinski definition) is 1. The molecule has 6 nitrogen and oxygen atoms in total. The monoisotopic (exact) mass is 305 g/mol. The summed E-state index contributed by atoms with van der Waals surface area (Å²) in [6.07, 6.45) is 1.72. The molecule has 20 heavy (non-hydrogen) atoms. The second-order valence-corrected chi connectivity index (χ2v) is 6.22. The number of aromatic nitrogens is 4. The molecule has 3 aromatic rings. The minimum atomic E-state index is -0.144. The Morgan fingerprint density at radius 3 is 3.05 bits per heavy atom. The average Bonchev–Trinajstić information content (AvgIpc) is 2.81. The second kappa shape index (κ2) is 5.22. The van der Waals surface area contributed by atoms with Gasteiger partial charge in [0.05, 0.1) is 5.75 Å². The van der Waals surface area contributed by atoms with E-state index in [1.165, 1.54) is 21.9 Å². The standard InChI is InChI=1S/C12H11N5OS2/c1-7-4-11(18)17-12(15-7)20-10(16-17)6-19-8-2-3-9(13)14-5-8/h2-5H,6H2,1H3,(H2,13,14). The summed E-state index contributed by atoms with van der Waals surface area (Å²) in [6.45, 7) is 1.80. The van der Waals surface area contributed by atoms with Gasteiger partial charge in [-0.2, -0.15) is 9.61 Å². The first-order valence-corrected chi connectivity index (χ1v) is 7.63. The summed E-state index contributed by atoms with van der Waals surface area (Å²) in [5, 5.41) is 5.13. The lowest BCUT2D eigenvalue weighted by atomic mass is 10.5. The minimum absolute atomic E-state index is 0.144. The van der Waals surface area contributed by atoms with Gasteiger partial charge in [-0.25, -0.2) is 9.97 Å². The Morgan fingerprint density at radius 1 is 1.45 bits per heavy atom. The third kappa shape index (κ3) is 2.66. The summed E-state index contributed by atoms with van der Waals surface area (Å²) in [6, 6.07) is 5.15. The molecule has 0 unspecified atom stereocenters. The van der Waals surface area contributed by atoms with E-state index >= 15 is 0 Å². The number of pyridine rings is 1. The molecule has 0 bridgehead atoms. The molecule has 2 N–H and O–H groups in total. The molecule has 0 atom stereocenters. The molecule has 0 aliphatic carbocycles. The van der Waals surface area contributed by atoms with E-state index in [9.17, 15) is 4.79 Å². The van der Waals surface area contributed by atoms with Gasteiger partial charge in [-0.1, -0.05) is 11.3 Å². The molecule has 0 saturated heterocycles. The third-order valence-electron chi connectivity index (χ3n) is 2.54. The number of hydrogen-bond acceptors (Lipinski definition) is 7. The lowest BCUT2D eigenvalue weighted by molar-refractivity contribution is 0.870. The average molecular weight is 305 g/mol. The highest BCUT2D eigenvalue weighted by Gasteiger charge is 2.08. The second-order valence-electron chi connectivity index (χ2n) is 4.13. The fraction of sp³-hybridized carbons (Fsp3) is 0.167. The first-order valence-electron chi connectivity index (χ1n) is 5.82.